The first-order valence-electron chi connectivity index (χ1n) is 7.57. The van der Waals surface area contributed by atoms with Crippen molar-refractivity contribution in [3.8, 4) is 5.75 Å². The van der Waals surface area contributed by atoms with Gasteiger partial charge in [-0.1, -0.05) is 17.7 Å². The summed E-state index contributed by atoms with van der Waals surface area (Å²) in [5, 5.41) is 10.7. The minimum atomic E-state index is -0.946. The summed E-state index contributed by atoms with van der Waals surface area (Å²) in [6, 6.07) is 5.33. The molecule has 1 aliphatic rings. The van der Waals surface area contributed by atoms with Crippen molar-refractivity contribution in [1.29, 1.82) is 0 Å². The van der Waals surface area contributed by atoms with Crippen LogP contribution in [0, 0.1) is 0 Å². The maximum Gasteiger partial charge on any atom is 0.338 e. The summed E-state index contributed by atoms with van der Waals surface area (Å²) in [5.41, 5.74) is 1.63. The second-order valence-corrected chi connectivity index (χ2v) is 6.26. The highest BCUT2D eigenvalue weighted by Gasteiger charge is 2.39. The molecule has 1 N–H and O–H groups in total. The number of hydrogen-bond donors (Lipinski definition) is 1. The van der Waals surface area contributed by atoms with E-state index in [1.807, 2.05) is 19.9 Å². The molecule has 4 nitrogen and oxygen atoms in total. The molecule has 0 bridgehead atoms. The van der Waals surface area contributed by atoms with Crippen LogP contribution in [-0.2, 0) is 11.2 Å². The maximum atomic E-state index is 11.8. The molecular weight excluding hydrogens is 280 g/mol. The summed E-state index contributed by atoms with van der Waals surface area (Å²) >= 11 is 0. The third-order valence-corrected chi connectivity index (χ3v) is 4.09. The predicted octanol–water partition coefficient (Wildman–Crippen LogP) is 3.27. The Bertz CT molecular complexity index is 583. The molecule has 4 heteroatoms. The Morgan fingerprint density at radius 1 is 1.50 bits per heavy atom. The molecule has 1 aliphatic heterocycles. The zero-order valence-electron chi connectivity index (χ0n) is 13.7. The van der Waals surface area contributed by atoms with Crippen LogP contribution in [0.15, 0.2) is 29.8 Å². The van der Waals surface area contributed by atoms with Crippen molar-refractivity contribution < 1.29 is 19.4 Å². The van der Waals surface area contributed by atoms with Gasteiger partial charge in [0, 0.05) is 12.0 Å². The topological polar surface area (TPSA) is 55.8 Å². The fourth-order valence-electron chi connectivity index (χ4n) is 2.73. The van der Waals surface area contributed by atoms with E-state index in [1.54, 1.807) is 19.1 Å². The van der Waals surface area contributed by atoms with Crippen molar-refractivity contribution in [2.75, 3.05) is 7.11 Å². The fourth-order valence-corrected chi connectivity index (χ4v) is 2.73. The Hall–Kier alpha value is -1.81. The lowest BCUT2D eigenvalue weighted by Crippen LogP contribution is -2.42. The van der Waals surface area contributed by atoms with Crippen LogP contribution in [0.25, 0.3) is 0 Å². The van der Waals surface area contributed by atoms with Gasteiger partial charge in [-0.2, -0.15) is 0 Å². The lowest BCUT2D eigenvalue weighted by Gasteiger charge is -2.29. The number of hydrogen-bond acceptors (Lipinski definition) is 4. The number of methoxy groups -OCH3 is 1. The van der Waals surface area contributed by atoms with Crippen molar-refractivity contribution in [3.63, 3.8) is 0 Å². The number of carbonyl (C=O) groups excluding carboxylic acids is 1. The first-order chi connectivity index (χ1) is 10.3. The molecule has 1 aromatic rings. The third kappa shape index (κ3) is 3.50. The number of rotatable bonds is 5. The molecule has 0 saturated carbocycles. The monoisotopic (exact) mass is 304 g/mol. The molecule has 1 aromatic carbocycles. The van der Waals surface area contributed by atoms with Gasteiger partial charge < -0.3 is 14.6 Å². The smallest absolute Gasteiger partial charge is 0.338 e. The van der Waals surface area contributed by atoms with Crippen LogP contribution < -0.4 is 4.74 Å². The van der Waals surface area contributed by atoms with E-state index in [1.165, 1.54) is 12.7 Å². The lowest BCUT2D eigenvalue weighted by molar-refractivity contribution is -0.0433. The van der Waals surface area contributed by atoms with Crippen molar-refractivity contribution in [2.24, 2.45) is 0 Å². The lowest BCUT2D eigenvalue weighted by atomic mass is 9.89. The van der Waals surface area contributed by atoms with E-state index in [0.717, 1.165) is 12.0 Å². The summed E-state index contributed by atoms with van der Waals surface area (Å²) in [5.74, 6) is 0.292. The number of ether oxygens (including phenoxy) is 2. The van der Waals surface area contributed by atoms with E-state index in [-0.39, 0.29) is 12.1 Å². The third-order valence-electron chi connectivity index (χ3n) is 4.09. The highest BCUT2D eigenvalue weighted by Crippen LogP contribution is 2.37. The van der Waals surface area contributed by atoms with E-state index in [9.17, 15) is 9.90 Å². The zero-order valence-corrected chi connectivity index (χ0v) is 13.7. The second kappa shape index (κ2) is 6.53. The van der Waals surface area contributed by atoms with Gasteiger partial charge in [0.15, 0.2) is 0 Å². The largest absolute Gasteiger partial charge is 0.487 e. The molecule has 0 fully saturated rings. The van der Waals surface area contributed by atoms with Crippen LogP contribution in [0.2, 0.25) is 0 Å². The number of carbonyl (C=O) groups is 1. The SMILES string of the molecule is COC(=O)c1cccc2c1CC(C(C)(O)CCC=C(C)C)O2. The van der Waals surface area contributed by atoms with E-state index in [4.69, 9.17) is 9.47 Å². The van der Waals surface area contributed by atoms with Gasteiger partial charge in [0.25, 0.3) is 0 Å². The number of aliphatic hydroxyl groups is 1. The fraction of sp³-hybridized carbons (Fsp3) is 0.500. The Balaban J connectivity index is 2.14. The molecule has 120 valence electrons. The molecule has 0 spiro atoms. The van der Waals surface area contributed by atoms with Crippen LogP contribution >= 0.6 is 0 Å². The van der Waals surface area contributed by atoms with Gasteiger partial charge in [-0.3, -0.25) is 0 Å². The van der Waals surface area contributed by atoms with Crippen molar-refractivity contribution in [3.05, 3.63) is 41.0 Å². The Morgan fingerprint density at radius 2 is 2.23 bits per heavy atom. The van der Waals surface area contributed by atoms with Crippen LogP contribution in [0.5, 0.6) is 5.75 Å². The molecule has 0 aromatic heterocycles. The Kier molecular flexibility index (Phi) is 4.91. The van der Waals surface area contributed by atoms with E-state index in [2.05, 4.69) is 6.08 Å². The van der Waals surface area contributed by atoms with E-state index in [0.29, 0.717) is 24.2 Å². The summed E-state index contributed by atoms with van der Waals surface area (Å²) < 4.78 is 10.7. The summed E-state index contributed by atoms with van der Waals surface area (Å²) in [6.07, 6.45) is 3.69. The molecule has 0 saturated heterocycles. The van der Waals surface area contributed by atoms with Gasteiger partial charge in [-0.15, -0.1) is 0 Å². The van der Waals surface area contributed by atoms with E-state index < -0.39 is 5.60 Å². The van der Waals surface area contributed by atoms with Crippen LogP contribution in [0.4, 0.5) is 0 Å². The number of fused-ring (bicyclic) bond motifs is 1. The van der Waals surface area contributed by atoms with Crippen molar-refractivity contribution in [2.45, 2.75) is 51.7 Å². The molecule has 0 amide bonds. The molecule has 22 heavy (non-hydrogen) atoms. The number of benzene rings is 1. The first kappa shape index (κ1) is 16.6. The van der Waals surface area contributed by atoms with Crippen LogP contribution in [0.3, 0.4) is 0 Å². The quantitative estimate of drug-likeness (QED) is 0.670. The Morgan fingerprint density at radius 3 is 2.86 bits per heavy atom. The zero-order chi connectivity index (χ0) is 16.3. The van der Waals surface area contributed by atoms with Crippen LogP contribution in [0.1, 0.15) is 49.5 Å². The molecule has 2 rings (SSSR count). The average Bonchev–Trinajstić information content (AvgIpc) is 2.90. The minimum absolute atomic E-state index is 0.348. The summed E-state index contributed by atoms with van der Waals surface area (Å²) in [4.78, 5) is 11.8. The van der Waals surface area contributed by atoms with Gasteiger partial charge in [-0.25, -0.2) is 4.79 Å². The number of esters is 1. The van der Waals surface area contributed by atoms with Gasteiger partial charge in [0.2, 0.25) is 0 Å². The van der Waals surface area contributed by atoms with Gasteiger partial charge in [0.05, 0.1) is 18.3 Å². The molecule has 0 aliphatic carbocycles. The second-order valence-electron chi connectivity index (χ2n) is 6.26. The standard InChI is InChI=1S/C18H24O4/c1-12(2)7-6-10-18(3,20)16-11-14-13(17(19)21-4)8-5-9-15(14)22-16/h5,7-9,16,20H,6,10-11H2,1-4H3. The highest BCUT2D eigenvalue weighted by atomic mass is 16.5. The normalized spacial score (nSPS) is 18.9. The maximum absolute atomic E-state index is 11.8. The molecular formula is C18H24O4. The molecule has 1 heterocycles. The molecule has 2 unspecified atom stereocenters. The van der Waals surface area contributed by atoms with Gasteiger partial charge in [0.1, 0.15) is 11.9 Å². The molecule has 2 atom stereocenters. The molecule has 0 radical (unpaired) electrons. The van der Waals surface area contributed by atoms with Gasteiger partial charge in [-0.05, 0) is 45.7 Å². The Labute approximate surface area is 131 Å². The van der Waals surface area contributed by atoms with Crippen LogP contribution in [-0.4, -0.2) is 29.9 Å². The average molecular weight is 304 g/mol. The highest BCUT2D eigenvalue weighted by molar-refractivity contribution is 5.92. The summed E-state index contributed by atoms with van der Waals surface area (Å²) in [7, 11) is 1.37. The van der Waals surface area contributed by atoms with Crippen molar-refractivity contribution >= 4 is 5.97 Å². The van der Waals surface area contributed by atoms with Crippen molar-refractivity contribution in [1.82, 2.24) is 0 Å². The first-order valence-corrected chi connectivity index (χ1v) is 7.57. The van der Waals surface area contributed by atoms with Gasteiger partial charge >= 0.3 is 5.97 Å². The minimum Gasteiger partial charge on any atom is -0.487 e. The summed E-state index contributed by atoms with van der Waals surface area (Å²) in [6.45, 7) is 5.87. The van der Waals surface area contributed by atoms with E-state index >= 15 is 0 Å². The number of allylic oxidation sites excluding steroid dienone is 2. The predicted molar refractivity (Wildman–Crippen MR) is 85.2 cm³/mol.